The molecule has 1 aliphatic rings. The summed E-state index contributed by atoms with van der Waals surface area (Å²) in [6.45, 7) is 0. The maximum atomic E-state index is 13.5. The highest BCUT2D eigenvalue weighted by Gasteiger charge is 2.40. The first-order chi connectivity index (χ1) is 15.4. The van der Waals surface area contributed by atoms with E-state index in [1.807, 2.05) is 111 Å². The molecule has 0 aliphatic carbocycles. The predicted octanol–water partition coefficient (Wildman–Crippen LogP) is 4.22. The minimum Gasteiger partial charge on any atom is -0.378 e. The predicted molar refractivity (Wildman–Crippen MR) is 131 cm³/mol. The number of hydrogen-bond donors (Lipinski definition) is 1. The van der Waals surface area contributed by atoms with E-state index in [2.05, 4.69) is 5.32 Å². The molecule has 1 heterocycles. The smallest absolute Gasteiger partial charge is 0.282 e. The van der Waals surface area contributed by atoms with Crippen molar-refractivity contribution in [2.75, 3.05) is 48.2 Å². The number of imide groups is 1. The van der Waals surface area contributed by atoms with Gasteiger partial charge >= 0.3 is 0 Å². The van der Waals surface area contributed by atoms with Crippen molar-refractivity contribution in [2.24, 2.45) is 0 Å². The van der Waals surface area contributed by atoms with E-state index in [0.29, 0.717) is 16.8 Å². The molecular weight excluding hydrogens is 400 g/mol. The van der Waals surface area contributed by atoms with Gasteiger partial charge in [-0.15, -0.1) is 0 Å². The fraction of sp³-hybridized carbons (Fsp3) is 0.154. The van der Waals surface area contributed by atoms with Crippen LogP contribution in [0.2, 0.25) is 0 Å². The number of rotatable bonds is 6. The Morgan fingerprint density at radius 3 is 1.97 bits per heavy atom. The summed E-state index contributed by atoms with van der Waals surface area (Å²) in [5, 5.41) is 3.21. The summed E-state index contributed by atoms with van der Waals surface area (Å²) in [7, 11) is 7.78. The van der Waals surface area contributed by atoms with Crippen molar-refractivity contribution in [3.8, 4) is 0 Å². The van der Waals surface area contributed by atoms with Gasteiger partial charge in [0.25, 0.3) is 11.8 Å². The summed E-state index contributed by atoms with van der Waals surface area (Å²) in [4.78, 5) is 32.2. The average Bonchev–Trinajstić information content (AvgIpc) is 3.04. The zero-order chi connectivity index (χ0) is 22.8. The molecule has 0 saturated heterocycles. The summed E-state index contributed by atoms with van der Waals surface area (Å²) < 4.78 is 0. The summed E-state index contributed by atoms with van der Waals surface area (Å²) in [5.74, 6) is -0.717. The molecule has 2 amide bonds. The first-order valence-electron chi connectivity index (χ1n) is 10.4. The molecule has 32 heavy (non-hydrogen) atoms. The highest BCUT2D eigenvalue weighted by Crippen LogP contribution is 2.35. The van der Waals surface area contributed by atoms with Gasteiger partial charge in [-0.1, -0.05) is 36.4 Å². The standard InChI is InChI=1S/C26H26N4O2/c1-28(2)20-15-13-19(14-16-20)27-24-23(18-9-6-5-7-10-18)25(31)30(26(24)32)22-12-8-11-21(17-22)29(3)4/h5-17,27H,1-4H3. The van der Waals surface area contributed by atoms with Gasteiger partial charge in [0.15, 0.2) is 0 Å². The molecule has 4 rings (SSSR count). The molecule has 6 heteroatoms. The molecule has 0 spiro atoms. The number of benzene rings is 3. The summed E-state index contributed by atoms with van der Waals surface area (Å²) >= 11 is 0. The average molecular weight is 427 g/mol. The van der Waals surface area contributed by atoms with E-state index in [1.54, 1.807) is 6.07 Å². The maximum Gasteiger partial charge on any atom is 0.282 e. The molecular formula is C26H26N4O2. The molecule has 0 saturated carbocycles. The van der Waals surface area contributed by atoms with Crippen LogP contribution >= 0.6 is 0 Å². The Bertz CT molecular complexity index is 1180. The molecule has 6 nitrogen and oxygen atoms in total. The minimum atomic E-state index is -0.374. The van der Waals surface area contributed by atoms with Crippen LogP contribution in [-0.4, -0.2) is 40.0 Å². The van der Waals surface area contributed by atoms with Crippen molar-refractivity contribution in [3.63, 3.8) is 0 Å². The second-order valence-corrected chi connectivity index (χ2v) is 8.04. The summed E-state index contributed by atoms with van der Waals surface area (Å²) in [6, 6.07) is 24.4. The third-order valence-electron chi connectivity index (χ3n) is 5.40. The van der Waals surface area contributed by atoms with Crippen LogP contribution in [0.3, 0.4) is 0 Å². The van der Waals surface area contributed by atoms with Gasteiger partial charge in [-0.25, -0.2) is 4.90 Å². The number of hydrogen-bond acceptors (Lipinski definition) is 5. The van der Waals surface area contributed by atoms with Crippen LogP contribution in [0.1, 0.15) is 5.56 Å². The van der Waals surface area contributed by atoms with Crippen LogP contribution in [0.25, 0.3) is 5.57 Å². The number of nitrogens with one attached hydrogen (secondary N) is 1. The Morgan fingerprint density at radius 2 is 1.34 bits per heavy atom. The van der Waals surface area contributed by atoms with Gasteiger partial charge in [0.1, 0.15) is 5.70 Å². The lowest BCUT2D eigenvalue weighted by Gasteiger charge is -2.19. The highest BCUT2D eigenvalue weighted by atomic mass is 16.2. The Balaban J connectivity index is 1.77. The van der Waals surface area contributed by atoms with Crippen molar-refractivity contribution in [1.82, 2.24) is 0 Å². The van der Waals surface area contributed by atoms with Crippen LogP contribution in [0.15, 0.2) is 84.6 Å². The van der Waals surface area contributed by atoms with Crippen LogP contribution in [0.5, 0.6) is 0 Å². The van der Waals surface area contributed by atoms with Gasteiger partial charge in [-0.2, -0.15) is 0 Å². The number of nitrogens with zero attached hydrogens (tertiary/aromatic N) is 3. The molecule has 3 aromatic rings. The lowest BCUT2D eigenvalue weighted by molar-refractivity contribution is -0.120. The number of anilines is 4. The topological polar surface area (TPSA) is 55.9 Å². The van der Waals surface area contributed by atoms with E-state index in [4.69, 9.17) is 0 Å². The lowest BCUT2D eigenvalue weighted by Crippen LogP contribution is -2.32. The molecule has 0 atom stereocenters. The zero-order valence-electron chi connectivity index (χ0n) is 18.7. The van der Waals surface area contributed by atoms with Crippen molar-refractivity contribution in [1.29, 1.82) is 0 Å². The largest absolute Gasteiger partial charge is 0.378 e. The lowest BCUT2D eigenvalue weighted by atomic mass is 10.0. The second-order valence-electron chi connectivity index (χ2n) is 8.04. The van der Waals surface area contributed by atoms with Gasteiger partial charge in [-0.3, -0.25) is 9.59 Å². The van der Waals surface area contributed by atoms with Crippen LogP contribution in [0.4, 0.5) is 22.7 Å². The van der Waals surface area contributed by atoms with E-state index in [-0.39, 0.29) is 17.5 Å². The first-order valence-corrected chi connectivity index (χ1v) is 10.4. The van der Waals surface area contributed by atoms with Gasteiger partial charge < -0.3 is 15.1 Å². The SMILES string of the molecule is CN(C)c1ccc(NC2=C(c3ccccc3)C(=O)N(c3cccc(N(C)C)c3)C2=O)cc1. The Morgan fingerprint density at radius 1 is 0.688 bits per heavy atom. The highest BCUT2D eigenvalue weighted by molar-refractivity contribution is 6.46. The zero-order valence-corrected chi connectivity index (χ0v) is 18.7. The Kier molecular flexibility index (Phi) is 5.69. The fourth-order valence-electron chi connectivity index (χ4n) is 3.65. The molecule has 0 unspecified atom stereocenters. The number of carbonyl (C=O) groups is 2. The van der Waals surface area contributed by atoms with E-state index in [0.717, 1.165) is 17.1 Å². The van der Waals surface area contributed by atoms with Crippen molar-refractivity contribution < 1.29 is 9.59 Å². The molecule has 0 radical (unpaired) electrons. The molecule has 0 bridgehead atoms. The number of carbonyl (C=O) groups excluding carboxylic acids is 2. The third kappa shape index (κ3) is 3.95. The Labute approximate surface area is 188 Å². The quantitative estimate of drug-likeness (QED) is 0.599. The summed E-state index contributed by atoms with van der Waals surface area (Å²) in [5.41, 5.74) is 4.57. The van der Waals surface area contributed by atoms with E-state index < -0.39 is 0 Å². The maximum absolute atomic E-state index is 13.5. The van der Waals surface area contributed by atoms with Crippen molar-refractivity contribution >= 4 is 40.1 Å². The van der Waals surface area contributed by atoms with E-state index >= 15 is 0 Å². The van der Waals surface area contributed by atoms with Gasteiger partial charge in [0, 0.05) is 45.3 Å². The fourth-order valence-corrected chi connectivity index (χ4v) is 3.65. The van der Waals surface area contributed by atoms with Crippen LogP contribution in [0, 0.1) is 0 Å². The summed E-state index contributed by atoms with van der Waals surface area (Å²) in [6.07, 6.45) is 0. The molecule has 0 fully saturated rings. The van der Waals surface area contributed by atoms with Gasteiger partial charge in [-0.05, 0) is 48.0 Å². The molecule has 0 aromatic heterocycles. The minimum absolute atomic E-state index is 0.272. The first kappa shape index (κ1) is 21.2. The number of amides is 2. The normalized spacial score (nSPS) is 13.6. The van der Waals surface area contributed by atoms with E-state index in [1.165, 1.54) is 4.90 Å². The van der Waals surface area contributed by atoms with Crippen molar-refractivity contribution in [3.05, 3.63) is 90.1 Å². The molecule has 3 aromatic carbocycles. The van der Waals surface area contributed by atoms with Gasteiger partial charge in [0.05, 0.1) is 11.3 Å². The monoisotopic (exact) mass is 426 g/mol. The van der Waals surface area contributed by atoms with Gasteiger partial charge in [0.2, 0.25) is 0 Å². The van der Waals surface area contributed by atoms with E-state index in [9.17, 15) is 9.59 Å². The van der Waals surface area contributed by atoms with Crippen molar-refractivity contribution in [2.45, 2.75) is 0 Å². The second kappa shape index (κ2) is 8.59. The van der Waals surface area contributed by atoms with Crippen LogP contribution in [-0.2, 0) is 9.59 Å². The van der Waals surface area contributed by atoms with Crippen LogP contribution < -0.4 is 20.0 Å². The molecule has 162 valence electrons. The Hall–Kier alpha value is -4.06. The third-order valence-corrected chi connectivity index (χ3v) is 5.40. The molecule has 1 N–H and O–H groups in total. The molecule has 1 aliphatic heterocycles.